The Labute approximate surface area is 143 Å². The lowest BCUT2D eigenvalue weighted by Crippen LogP contribution is -2.02. The molecule has 0 radical (unpaired) electrons. The van der Waals surface area contributed by atoms with Gasteiger partial charge in [-0.05, 0) is 44.4 Å². The van der Waals surface area contributed by atoms with Crippen molar-refractivity contribution in [2.24, 2.45) is 0 Å². The third-order valence-electron chi connectivity index (χ3n) is 5.11. The third-order valence-corrected chi connectivity index (χ3v) is 5.11. The molecule has 4 rings (SSSR count). The van der Waals surface area contributed by atoms with Gasteiger partial charge in [-0.3, -0.25) is 0 Å². The Bertz CT molecular complexity index is 1040. The molecule has 4 aromatic rings. The minimum atomic E-state index is 0.412. The van der Waals surface area contributed by atoms with Gasteiger partial charge < -0.3 is 4.57 Å². The summed E-state index contributed by atoms with van der Waals surface area (Å²) in [4.78, 5) is 0. The highest BCUT2D eigenvalue weighted by Crippen LogP contribution is 2.39. The Morgan fingerprint density at radius 3 is 2.12 bits per heavy atom. The largest absolute Gasteiger partial charge is 0.337 e. The second-order valence-electron chi connectivity index (χ2n) is 6.94. The van der Waals surface area contributed by atoms with E-state index in [1.165, 1.54) is 44.1 Å². The number of aryl methyl sites for hydroxylation is 2. The molecule has 0 bridgehead atoms. The second-order valence-corrected chi connectivity index (χ2v) is 6.94. The first kappa shape index (κ1) is 15.0. The van der Waals surface area contributed by atoms with Crippen LogP contribution in [-0.2, 0) is 0 Å². The van der Waals surface area contributed by atoms with E-state index in [4.69, 9.17) is 0 Å². The van der Waals surface area contributed by atoms with Crippen molar-refractivity contribution >= 4 is 21.8 Å². The minimum absolute atomic E-state index is 0.412. The highest BCUT2D eigenvalue weighted by atomic mass is 15.0. The van der Waals surface area contributed by atoms with Gasteiger partial charge in [0.2, 0.25) is 0 Å². The topological polar surface area (TPSA) is 4.93 Å². The van der Waals surface area contributed by atoms with Crippen LogP contribution in [0.5, 0.6) is 0 Å². The Balaban J connectivity index is 2.24. The molecule has 0 aliphatic heterocycles. The van der Waals surface area contributed by atoms with Gasteiger partial charge in [0, 0.05) is 22.4 Å². The number of aromatic nitrogens is 1. The third kappa shape index (κ3) is 2.08. The average molecular weight is 313 g/mol. The number of para-hydroxylation sites is 1. The van der Waals surface area contributed by atoms with E-state index in [1.54, 1.807) is 0 Å². The minimum Gasteiger partial charge on any atom is -0.337 e. The zero-order valence-electron chi connectivity index (χ0n) is 14.8. The van der Waals surface area contributed by atoms with Crippen LogP contribution in [0.2, 0.25) is 0 Å². The Kier molecular flexibility index (Phi) is 3.45. The van der Waals surface area contributed by atoms with Crippen molar-refractivity contribution in [2.45, 2.75) is 33.7 Å². The molecule has 1 heterocycles. The van der Waals surface area contributed by atoms with Crippen LogP contribution in [0.1, 0.15) is 31.0 Å². The van der Waals surface area contributed by atoms with Gasteiger partial charge in [0.05, 0.1) is 11.0 Å². The lowest BCUT2D eigenvalue weighted by molar-refractivity contribution is 0.641. The molecule has 0 saturated heterocycles. The van der Waals surface area contributed by atoms with E-state index in [0.717, 1.165) is 0 Å². The SMILES string of the molecule is Cc1ccc2c3cccc(-c4ccccc4)c3n(C(C)C)c2c1C. The number of fused-ring (bicyclic) bond motifs is 3. The zero-order chi connectivity index (χ0) is 16.8. The predicted molar refractivity (Wildman–Crippen MR) is 105 cm³/mol. The zero-order valence-corrected chi connectivity index (χ0v) is 14.8. The van der Waals surface area contributed by atoms with Crippen molar-refractivity contribution < 1.29 is 0 Å². The van der Waals surface area contributed by atoms with Gasteiger partial charge in [0.25, 0.3) is 0 Å². The highest BCUT2D eigenvalue weighted by molar-refractivity contribution is 6.13. The first-order valence-corrected chi connectivity index (χ1v) is 8.68. The molecule has 0 aliphatic rings. The number of nitrogens with zero attached hydrogens (tertiary/aromatic N) is 1. The van der Waals surface area contributed by atoms with E-state index < -0.39 is 0 Å². The number of hydrogen-bond acceptors (Lipinski definition) is 0. The molecule has 0 atom stereocenters. The van der Waals surface area contributed by atoms with E-state index in [9.17, 15) is 0 Å². The summed E-state index contributed by atoms with van der Waals surface area (Å²) in [5.41, 5.74) is 8.06. The van der Waals surface area contributed by atoms with Gasteiger partial charge in [0.1, 0.15) is 0 Å². The normalized spacial score (nSPS) is 11.7. The number of rotatable bonds is 2. The van der Waals surface area contributed by atoms with Crippen LogP contribution in [0, 0.1) is 13.8 Å². The maximum Gasteiger partial charge on any atom is 0.0573 e. The maximum absolute atomic E-state index is 2.52. The fourth-order valence-electron chi connectivity index (χ4n) is 3.83. The van der Waals surface area contributed by atoms with Crippen molar-refractivity contribution in [3.05, 3.63) is 71.8 Å². The molecule has 0 saturated carbocycles. The van der Waals surface area contributed by atoms with Crippen LogP contribution in [0.4, 0.5) is 0 Å². The molecule has 120 valence electrons. The van der Waals surface area contributed by atoms with Crippen LogP contribution in [0.25, 0.3) is 32.9 Å². The van der Waals surface area contributed by atoms with Crippen molar-refractivity contribution in [3.8, 4) is 11.1 Å². The molecule has 3 aromatic carbocycles. The molecular formula is C23H23N. The van der Waals surface area contributed by atoms with Crippen molar-refractivity contribution in [1.82, 2.24) is 4.57 Å². The van der Waals surface area contributed by atoms with E-state index in [0.29, 0.717) is 6.04 Å². The summed E-state index contributed by atoms with van der Waals surface area (Å²) in [5.74, 6) is 0. The molecule has 0 spiro atoms. The van der Waals surface area contributed by atoms with E-state index in [1.807, 2.05) is 0 Å². The molecule has 1 nitrogen and oxygen atoms in total. The predicted octanol–water partition coefficient (Wildman–Crippen LogP) is 6.66. The highest BCUT2D eigenvalue weighted by Gasteiger charge is 2.18. The fourth-order valence-corrected chi connectivity index (χ4v) is 3.83. The maximum atomic E-state index is 2.52. The first-order chi connectivity index (χ1) is 11.6. The van der Waals surface area contributed by atoms with Gasteiger partial charge >= 0.3 is 0 Å². The van der Waals surface area contributed by atoms with Crippen LogP contribution < -0.4 is 0 Å². The molecule has 0 fully saturated rings. The smallest absolute Gasteiger partial charge is 0.0573 e. The molecular weight excluding hydrogens is 290 g/mol. The molecule has 0 unspecified atom stereocenters. The average Bonchev–Trinajstić information content (AvgIpc) is 2.94. The van der Waals surface area contributed by atoms with Crippen LogP contribution in [0.15, 0.2) is 60.7 Å². The summed E-state index contributed by atoms with van der Waals surface area (Å²) < 4.78 is 2.52. The second kappa shape index (κ2) is 5.52. The standard InChI is InChI=1S/C23H23N/c1-15(2)24-22-17(4)16(3)13-14-21(22)20-12-8-11-19(23(20)24)18-9-6-5-7-10-18/h5-15H,1-4H3. The van der Waals surface area contributed by atoms with Crippen LogP contribution in [0.3, 0.4) is 0 Å². The van der Waals surface area contributed by atoms with Gasteiger partial charge in [-0.1, -0.05) is 60.7 Å². The van der Waals surface area contributed by atoms with Crippen LogP contribution in [-0.4, -0.2) is 4.57 Å². The van der Waals surface area contributed by atoms with Gasteiger partial charge in [-0.2, -0.15) is 0 Å². The fraction of sp³-hybridized carbons (Fsp3) is 0.217. The molecule has 1 heteroatoms. The quantitative estimate of drug-likeness (QED) is 0.390. The summed E-state index contributed by atoms with van der Waals surface area (Å²) in [5, 5.41) is 2.71. The Morgan fingerprint density at radius 2 is 1.42 bits per heavy atom. The summed E-state index contributed by atoms with van der Waals surface area (Å²) in [6.07, 6.45) is 0. The Morgan fingerprint density at radius 1 is 0.708 bits per heavy atom. The van der Waals surface area contributed by atoms with Crippen LogP contribution >= 0.6 is 0 Å². The molecule has 24 heavy (non-hydrogen) atoms. The summed E-state index contributed by atoms with van der Waals surface area (Å²) in [7, 11) is 0. The van der Waals surface area contributed by atoms with Crippen molar-refractivity contribution in [3.63, 3.8) is 0 Å². The molecule has 0 amide bonds. The number of hydrogen-bond donors (Lipinski definition) is 0. The van der Waals surface area contributed by atoms with E-state index in [-0.39, 0.29) is 0 Å². The van der Waals surface area contributed by atoms with E-state index >= 15 is 0 Å². The van der Waals surface area contributed by atoms with Gasteiger partial charge in [-0.25, -0.2) is 0 Å². The summed E-state index contributed by atoms with van der Waals surface area (Å²) in [6, 6.07) is 22.4. The molecule has 1 aromatic heterocycles. The lowest BCUT2D eigenvalue weighted by atomic mass is 10.0. The van der Waals surface area contributed by atoms with Gasteiger partial charge in [0.15, 0.2) is 0 Å². The number of benzene rings is 3. The van der Waals surface area contributed by atoms with Crippen molar-refractivity contribution in [2.75, 3.05) is 0 Å². The summed E-state index contributed by atoms with van der Waals surface area (Å²) in [6.45, 7) is 9.01. The first-order valence-electron chi connectivity index (χ1n) is 8.68. The Hall–Kier alpha value is -2.54. The molecule has 0 N–H and O–H groups in total. The van der Waals surface area contributed by atoms with E-state index in [2.05, 4.69) is 92.9 Å². The summed E-state index contributed by atoms with van der Waals surface area (Å²) >= 11 is 0. The molecule has 0 aliphatic carbocycles. The monoisotopic (exact) mass is 313 g/mol. The lowest BCUT2D eigenvalue weighted by Gasteiger charge is -2.16. The van der Waals surface area contributed by atoms with Gasteiger partial charge in [-0.15, -0.1) is 0 Å². The van der Waals surface area contributed by atoms with Crippen molar-refractivity contribution in [1.29, 1.82) is 0 Å².